The maximum atomic E-state index is 13.6. The quantitative estimate of drug-likeness (QED) is 0.376. The minimum atomic E-state index is -2.40. The molecule has 5 nitrogen and oxygen atoms in total. The van der Waals surface area contributed by atoms with Gasteiger partial charge in [0.1, 0.15) is 12.7 Å². The van der Waals surface area contributed by atoms with Gasteiger partial charge in [-0.25, -0.2) is 26.7 Å². The van der Waals surface area contributed by atoms with Gasteiger partial charge in [0.2, 0.25) is 5.82 Å². The molecule has 0 aliphatic heterocycles. The summed E-state index contributed by atoms with van der Waals surface area (Å²) in [5.41, 5.74) is -0.824. The van der Waals surface area contributed by atoms with Gasteiger partial charge in [-0.2, -0.15) is 0 Å². The smallest absolute Gasteiger partial charge is 0.407 e. The standard InChI is InChI=1S/C18H16F5NO4/c19-12-11(13(20)15(22)16(23)14(12)21)17(26)10(25)6-7-24-18(27)28-8-9-4-2-1-3-5-9/h1-5,10,17,25-26H,6-8H2,(H,24,27). The fraction of sp³-hybridized carbons (Fsp3) is 0.278. The molecule has 10 heteroatoms. The Hall–Kier alpha value is -2.72. The van der Waals surface area contributed by atoms with Gasteiger partial charge in [0.15, 0.2) is 23.3 Å². The van der Waals surface area contributed by atoms with Gasteiger partial charge in [-0.15, -0.1) is 0 Å². The number of hydrogen-bond donors (Lipinski definition) is 3. The number of aliphatic hydroxyl groups is 2. The molecule has 2 aromatic rings. The van der Waals surface area contributed by atoms with Crippen molar-refractivity contribution in [2.45, 2.75) is 25.2 Å². The first-order valence-electron chi connectivity index (χ1n) is 8.06. The molecule has 0 saturated heterocycles. The Morgan fingerprint density at radius 3 is 2.04 bits per heavy atom. The third-order valence-electron chi connectivity index (χ3n) is 3.83. The molecule has 1 amide bonds. The lowest BCUT2D eigenvalue weighted by molar-refractivity contribution is 0.00838. The van der Waals surface area contributed by atoms with Crippen molar-refractivity contribution < 1.29 is 41.7 Å². The topological polar surface area (TPSA) is 78.8 Å². The highest BCUT2D eigenvalue weighted by molar-refractivity contribution is 5.67. The summed E-state index contributed by atoms with van der Waals surface area (Å²) >= 11 is 0. The van der Waals surface area contributed by atoms with E-state index in [1.807, 2.05) is 0 Å². The fourth-order valence-corrected chi connectivity index (χ4v) is 2.33. The van der Waals surface area contributed by atoms with Crippen LogP contribution in [-0.4, -0.2) is 29.0 Å². The minimum absolute atomic E-state index is 0.0254. The van der Waals surface area contributed by atoms with E-state index < -0.39 is 59.4 Å². The molecule has 0 aromatic heterocycles. The number of aliphatic hydroxyl groups excluding tert-OH is 2. The number of nitrogens with one attached hydrogen (secondary N) is 1. The Morgan fingerprint density at radius 1 is 0.929 bits per heavy atom. The highest BCUT2D eigenvalue weighted by atomic mass is 19.2. The number of benzene rings is 2. The molecule has 2 rings (SSSR count). The van der Waals surface area contributed by atoms with E-state index >= 15 is 0 Å². The number of carbonyl (C=O) groups excluding carboxylic acids is 1. The van der Waals surface area contributed by atoms with Gasteiger partial charge in [0.05, 0.1) is 11.7 Å². The number of carbonyl (C=O) groups is 1. The zero-order valence-electron chi connectivity index (χ0n) is 14.3. The maximum absolute atomic E-state index is 13.6. The fourth-order valence-electron chi connectivity index (χ4n) is 2.33. The van der Waals surface area contributed by atoms with Crippen molar-refractivity contribution in [3.05, 3.63) is 70.5 Å². The minimum Gasteiger partial charge on any atom is -0.445 e. The molecule has 2 aromatic carbocycles. The van der Waals surface area contributed by atoms with Crippen molar-refractivity contribution in [2.24, 2.45) is 0 Å². The Balaban J connectivity index is 1.89. The Kier molecular flexibility index (Phi) is 7.30. The summed E-state index contributed by atoms with van der Waals surface area (Å²) in [6.45, 7) is -0.316. The Labute approximate surface area is 156 Å². The Morgan fingerprint density at radius 2 is 1.46 bits per heavy atom. The SMILES string of the molecule is O=C(NCCC(O)C(O)c1c(F)c(F)c(F)c(F)c1F)OCc1ccccc1. The molecule has 2 atom stereocenters. The highest BCUT2D eigenvalue weighted by Gasteiger charge is 2.32. The summed E-state index contributed by atoms with van der Waals surface area (Å²) in [6, 6.07) is 8.71. The summed E-state index contributed by atoms with van der Waals surface area (Å²) in [5.74, 6) is -11.3. The average Bonchev–Trinajstić information content (AvgIpc) is 2.70. The third-order valence-corrected chi connectivity index (χ3v) is 3.83. The first kappa shape index (κ1) is 21.6. The largest absolute Gasteiger partial charge is 0.445 e. The summed E-state index contributed by atoms with van der Waals surface area (Å²) in [7, 11) is 0. The summed E-state index contributed by atoms with van der Waals surface area (Å²) in [5, 5.41) is 21.8. The first-order valence-corrected chi connectivity index (χ1v) is 8.06. The zero-order valence-corrected chi connectivity index (χ0v) is 14.3. The summed E-state index contributed by atoms with van der Waals surface area (Å²) < 4.78 is 71.5. The lowest BCUT2D eigenvalue weighted by Gasteiger charge is -2.20. The summed E-state index contributed by atoms with van der Waals surface area (Å²) in [6.07, 6.45) is -5.61. The normalized spacial score (nSPS) is 13.1. The molecule has 3 N–H and O–H groups in total. The molecular formula is C18H16F5NO4. The molecular weight excluding hydrogens is 389 g/mol. The lowest BCUT2D eigenvalue weighted by Crippen LogP contribution is -2.30. The lowest BCUT2D eigenvalue weighted by atomic mass is 10.00. The average molecular weight is 405 g/mol. The second kappa shape index (κ2) is 9.47. The van der Waals surface area contributed by atoms with Gasteiger partial charge < -0.3 is 20.3 Å². The van der Waals surface area contributed by atoms with Crippen LogP contribution >= 0.6 is 0 Å². The molecule has 0 aliphatic carbocycles. The molecule has 2 unspecified atom stereocenters. The second-order valence-electron chi connectivity index (χ2n) is 5.77. The predicted molar refractivity (Wildman–Crippen MR) is 86.4 cm³/mol. The monoisotopic (exact) mass is 405 g/mol. The molecule has 152 valence electrons. The van der Waals surface area contributed by atoms with E-state index in [1.54, 1.807) is 30.3 Å². The van der Waals surface area contributed by atoms with Crippen molar-refractivity contribution in [1.29, 1.82) is 0 Å². The number of halogens is 5. The number of hydrogen-bond acceptors (Lipinski definition) is 4. The van der Waals surface area contributed by atoms with Crippen LogP contribution in [0.1, 0.15) is 23.7 Å². The maximum Gasteiger partial charge on any atom is 0.407 e. The van der Waals surface area contributed by atoms with E-state index in [9.17, 15) is 37.0 Å². The zero-order chi connectivity index (χ0) is 20.8. The van der Waals surface area contributed by atoms with Crippen molar-refractivity contribution in [3.63, 3.8) is 0 Å². The van der Waals surface area contributed by atoms with Crippen molar-refractivity contribution >= 4 is 6.09 Å². The van der Waals surface area contributed by atoms with Crippen LogP contribution in [0.3, 0.4) is 0 Å². The predicted octanol–water partition coefficient (Wildman–Crippen LogP) is 3.09. The molecule has 0 fully saturated rings. The highest BCUT2D eigenvalue weighted by Crippen LogP contribution is 2.30. The molecule has 28 heavy (non-hydrogen) atoms. The van der Waals surface area contributed by atoms with E-state index in [-0.39, 0.29) is 13.2 Å². The van der Waals surface area contributed by atoms with Gasteiger partial charge in [0, 0.05) is 6.54 Å². The van der Waals surface area contributed by atoms with Crippen LogP contribution in [0.2, 0.25) is 0 Å². The van der Waals surface area contributed by atoms with E-state index in [0.717, 1.165) is 5.56 Å². The molecule has 0 bridgehead atoms. The van der Waals surface area contributed by atoms with Crippen LogP contribution < -0.4 is 5.32 Å². The molecule has 0 heterocycles. The van der Waals surface area contributed by atoms with Crippen molar-refractivity contribution in [3.8, 4) is 0 Å². The van der Waals surface area contributed by atoms with Crippen LogP contribution in [-0.2, 0) is 11.3 Å². The molecule has 0 radical (unpaired) electrons. The number of alkyl carbamates (subject to hydrolysis) is 1. The van der Waals surface area contributed by atoms with Crippen molar-refractivity contribution in [1.82, 2.24) is 5.32 Å². The van der Waals surface area contributed by atoms with Crippen LogP contribution in [0.15, 0.2) is 30.3 Å². The van der Waals surface area contributed by atoms with E-state index in [2.05, 4.69) is 5.32 Å². The number of amides is 1. The van der Waals surface area contributed by atoms with Gasteiger partial charge >= 0.3 is 6.09 Å². The van der Waals surface area contributed by atoms with Crippen LogP contribution in [0.25, 0.3) is 0 Å². The second-order valence-corrected chi connectivity index (χ2v) is 5.77. The van der Waals surface area contributed by atoms with Crippen LogP contribution in [0.4, 0.5) is 26.7 Å². The van der Waals surface area contributed by atoms with E-state index in [0.29, 0.717) is 0 Å². The Bertz CT molecular complexity index is 805. The van der Waals surface area contributed by atoms with Gasteiger partial charge in [-0.05, 0) is 12.0 Å². The van der Waals surface area contributed by atoms with Crippen LogP contribution in [0.5, 0.6) is 0 Å². The van der Waals surface area contributed by atoms with Crippen LogP contribution in [0, 0.1) is 29.1 Å². The molecule has 0 saturated carbocycles. The van der Waals surface area contributed by atoms with Gasteiger partial charge in [0.25, 0.3) is 0 Å². The van der Waals surface area contributed by atoms with Crippen molar-refractivity contribution in [2.75, 3.05) is 6.54 Å². The van der Waals surface area contributed by atoms with E-state index in [4.69, 9.17) is 4.74 Å². The van der Waals surface area contributed by atoms with Gasteiger partial charge in [-0.3, -0.25) is 0 Å². The van der Waals surface area contributed by atoms with Gasteiger partial charge in [-0.1, -0.05) is 30.3 Å². The third kappa shape index (κ3) is 4.96. The number of rotatable bonds is 7. The number of ether oxygens (including phenoxy) is 1. The molecule has 0 aliphatic rings. The molecule has 0 spiro atoms. The first-order chi connectivity index (χ1) is 13.2. The summed E-state index contributed by atoms with van der Waals surface area (Å²) in [4.78, 5) is 11.5. The van der Waals surface area contributed by atoms with E-state index in [1.165, 1.54) is 0 Å².